The van der Waals surface area contributed by atoms with E-state index in [0.29, 0.717) is 22.7 Å². The van der Waals surface area contributed by atoms with Crippen LogP contribution in [-0.4, -0.2) is 44.2 Å². The first-order valence-electron chi connectivity index (χ1n) is 9.87. The maximum absolute atomic E-state index is 13.8. The number of hydrogen-bond acceptors (Lipinski definition) is 8. The van der Waals surface area contributed by atoms with Crippen LogP contribution in [0.5, 0.6) is 11.5 Å². The lowest BCUT2D eigenvalue weighted by Gasteiger charge is -2.08. The third kappa shape index (κ3) is 5.35. The van der Waals surface area contributed by atoms with Gasteiger partial charge >= 0.3 is 5.97 Å². The Morgan fingerprint density at radius 1 is 1.18 bits per heavy atom. The zero-order chi connectivity index (χ0) is 24.1. The van der Waals surface area contributed by atoms with Crippen LogP contribution in [-0.2, 0) is 17.9 Å². The first-order chi connectivity index (χ1) is 16.4. The molecule has 0 aliphatic heterocycles. The summed E-state index contributed by atoms with van der Waals surface area (Å²) in [5, 5.41) is 23.0. The van der Waals surface area contributed by atoms with Crippen molar-refractivity contribution in [2.75, 3.05) is 12.4 Å². The van der Waals surface area contributed by atoms with Crippen molar-refractivity contribution in [3.8, 4) is 22.8 Å². The van der Waals surface area contributed by atoms with Crippen molar-refractivity contribution in [3.63, 3.8) is 0 Å². The number of amides is 1. The average Bonchev–Trinajstić information content (AvgIpc) is 3.48. The third-order valence-corrected chi connectivity index (χ3v) is 4.58. The molecule has 2 aromatic heterocycles. The van der Waals surface area contributed by atoms with Gasteiger partial charge in [0.2, 0.25) is 5.91 Å². The zero-order valence-electron chi connectivity index (χ0n) is 17.8. The predicted octanol–water partition coefficient (Wildman–Crippen LogP) is 3.00. The van der Waals surface area contributed by atoms with Gasteiger partial charge in [-0.1, -0.05) is 10.4 Å². The van der Waals surface area contributed by atoms with Crippen LogP contribution in [0.2, 0.25) is 0 Å². The fourth-order valence-electron chi connectivity index (χ4n) is 2.98. The summed E-state index contributed by atoms with van der Waals surface area (Å²) >= 11 is 0. The normalized spacial score (nSPS) is 10.6. The molecule has 0 unspecified atom stereocenters. The molecule has 2 N–H and O–H groups in total. The van der Waals surface area contributed by atoms with E-state index in [1.165, 1.54) is 29.1 Å². The van der Waals surface area contributed by atoms with Gasteiger partial charge in [-0.15, -0.1) is 5.10 Å². The highest BCUT2D eigenvalue weighted by Gasteiger charge is 2.17. The van der Waals surface area contributed by atoms with Crippen molar-refractivity contribution in [1.82, 2.24) is 20.2 Å². The van der Waals surface area contributed by atoms with Crippen LogP contribution in [0.4, 0.5) is 10.1 Å². The minimum Gasteiger partial charge on any atom is -0.497 e. The van der Waals surface area contributed by atoms with Crippen LogP contribution >= 0.6 is 0 Å². The summed E-state index contributed by atoms with van der Waals surface area (Å²) in [7, 11) is 1.55. The van der Waals surface area contributed by atoms with E-state index in [9.17, 15) is 14.0 Å². The lowest BCUT2D eigenvalue weighted by atomic mass is 10.1. The average molecular weight is 467 g/mol. The maximum atomic E-state index is 13.8. The Bertz CT molecular complexity index is 1320. The second-order valence-electron chi connectivity index (χ2n) is 6.99. The summed E-state index contributed by atoms with van der Waals surface area (Å²) < 4.78 is 30.9. The number of carboxylic acids is 1. The largest absolute Gasteiger partial charge is 0.497 e. The van der Waals surface area contributed by atoms with Gasteiger partial charge in [-0.05, 0) is 36.4 Å². The molecule has 12 heteroatoms. The number of carboxylic acid groups (broad SMARTS) is 1. The molecule has 0 radical (unpaired) electrons. The van der Waals surface area contributed by atoms with E-state index in [-0.39, 0.29) is 36.3 Å². The summed E-state index contributed by atoms with van der Waals surface area (Å²) in [5.41, 5.74) is 1.01. The number of halogens is 1. The standard InChI is InChI=1S/C22H18FN5O6/c1-32-16-5-3-14(4-6-16)24-21(29)11-28-10-15(25-27-28)12-33-19-8-13(23)2-7-17(19)20-9-18(22(30)31)26-34-20/h2-10H,11-12H2,1H3,(H,24,29)(H,30,31). The van der Waals surface area contributed by atoms with Gasteiger partial charge < -0.3 is 24.4 Å². The highest BCUT2D eigenvalue weighted by atomic mass is 19.1. The molecule has 0 aliphatic carbocycles. The number of aromatic nitrogens is 4. The first-order valence-corrected chi connectivity index (χ1v) is 9.87. The van der Waals surface area contributed by atoms with Gasteiger partial charge in [-0.2, -0.15) is 0 Å². The lowest BCUT2D eigenvalue weighted by molar-refractivity contribution is -0.116. The van der Waals surface area contributed by atoms with E-state index in [1.807, 2.05) is 0 Å². The molecule has 0 atom stereocenters. The van der Waals surface area contributed by atoms with E-state index in [4.69, 9.17) is 19.1 Å². The Balaban J connectivity index is 1.39. The Hall–Kier alpha value is -4.74. The number of rotatable bonds is 9. The summed E-state index contributed by atoms with van der Waals surface area (Å²) in [4.78, 5) is 23.3. The molecule has 0 spiro atoms. The Kier molecular flexibility index (Phi) is 6.48. The summed E-state index contributed by atoms with van der Waals surface area (Å²) in [5.74, 6) is -1.26. The molecule has 174 valence electrons. The fourth-order valence-corrected chi connectivity index (χ4v) is 2.98. The molecule has 34 heavy (non-hydrogen) atoms. The van der Waals surface area contributed by atoms with E-state index < -0.39 is 11.8 Å². The number of hydrogen-bond donors (Lipinski definition) is 2. The number of benzene rings is 2. The molecule has 11 nitrogen and oxygen atoms in total. The molecule has 4 rings (SSSR count). The highest BCUT2D eigenvalue weighted by Crippen LogP contribution is 2.32. The van der Waals surface area contributed by atoms with Crippen molar-refractivity contribution in [2.45, 2.75) is 13.2 Å². The second kappa shape index (κ2) is 9.81. The van der Waals surface area contributed by atoms with Crippen molar-refractivity contribution < 1.29 is 33.1 Å². The topological polar surface area (TPSA) is 142 Å². The molecular weight excluding hydrogens is 449 g/mol. The number of carbonyl (C=O) groups is 2. The SMILES string of the molecule is COc1ccc(NC(=O)Cn2cc(COc3cc(F)ccc3-c3cc(C(=O)O)no3)nn2)cc1. The van der Waals surface area contributed by atoms with Crippen LogP contribution < -0.4 is 14.8 Å². The zero-order valence-corrected chi connectivity index (χ0v) is 17.8. The second-order valence-corrected chi connectivity index (χ2v) is 6.99. The minimum atomic E-state index is -1.26. The van der Waals surface area contributed by atoms with Crippen LogP contribution in [0.25, 0.3) is 11.3 Å². The first kappa shape index (κ1) is 22.5. The number of carbonyl (C=O) groups excluding carboxylic acids is 1. The van der Waals surface area contributed by atoms with Crippen molar-refractivity contribution in [1.29, 1.82) is 0 Å². The number of nitrogens with one attached hydrogen (secondary N) is 1. The summed E-state index contributed by atoms with van der Waals surface area (Å²) in [6.45, 7) is -0.170. The van der Waals surface area contributed by atoms with E-state index in [2.05, 4.69) is 20.8 Å². The van der Waals surface area contributed by atoms with Gasteiger partial charge in [0, 0.05) is 17.8 Å². The van der Waals surface area contributed by atoms with Crippen molar-refractivity contribution in [2.24, 2.45) is 0 Å². The Morgan fingerprint density at radius 2 is 1.97 bits per heavy atom. The molecule has 2 heterocycles. The van der Waals surface area contributed by atoms with E-state index in [1.54, 1.807) is 31.4 Å². The Morgan fingerprint density at radius 3 is 2.68 bits per heavy atom. The molecule has 2 aromatic carbocycles. The number of ether oxygens (including phenoxy) is 2. The van der Waals surface area contributed by atoms with Crippen LogP contribution in [0.15, 0.2) is 59.3 Å². The van der Waals surface area contributed by atoms with Crippen LogP contribution in [0.3, 0.4) is 0 Å². The number of anilines is 1. The summed E-state index contributed by atoms with van der Waals surface area (Å²) in [6, 6.07) is 11.8. The molecule has 4 aromatic rings. The third-order valence-electron chi connectivity index (χ3n) is 4.58. The molecule has 0 bridgehead atoms. The lowest BCUT2D eigenvalue weighted by Crippen LogP contribution is -2.19. The van der Waals surface area contributed by atoms with Gasteiger partial charge in [0.1, 0.15) is 36.2 Å². The molecule has 0 fully saturated rings. The van der Waals surface area contributed by atoms with E-state index >= 15 is 0 Å². The van der Waals surface area contributed by atoms with Gasteiger partial charge in [0.15, 0.2) is 11.5 Å². The Labute approximate surface area is 191 Å². The predicted molar refractivity (Wildman–Crippen MR) is 115 cm³/mol. The van der Waals surface area contributed by atoms with E-state index in [0.717, 1.165) is 6.07 Å². The molecule has 0 saturated heterocycles. The molecule has 0 aliphatic rings. The van der Waals surface area contributed by atoms with Crippen molar-refractivity contribution in [3.05, 3.63) is 71.9 Å². The fraction of sp³-hybridized carbons (Fsp3) is 0.136. The maximum Gasteiger partial charge on any atom is 0.358 e. The van der Waals surface area contributed by atoms with Gasteiger partial charge in [0.05, 0.1) is 18.9 Å². The smallest absolute Gasteiger partial charge is 0.358 e. The summed E-state index contributed by atoms with van der Waals surface area (Å²) in [6.07, 6.45) is 1.52. The van der Waals surface area contributed by atoms with Crippen LogP contribution in [0.1, 0.15) is 16.2 Å². The van der Waals surface area contributed by atoms with Gasteiger partial charge in [-0.25, -0.2) is 13.9 Å². The quantitative estimate of drug-likeness (QED) is 0.380. The number of methoxy groups -OCH3 is 1. The number of aromatic carboxylic acids is 1. The van der Waals surface area contributed by atoms with Gasteiger partial charge in [0.25, 0.3) is 0 Å². The minimum absolute atomic E-state index is 0.0831. The highest BCUT2D eigenvalue weighted by molar-refractivity contribution is 5.90. The monoisotopic (exact) mass is 467 g/mol. The molecular formula is C22H18FN5O6. The molecule has 0 saturated carbocycles. The molecule has 1 amide bonds. The van der Waals surface area contributed by atoms with Crippen molar-refractivity contribution >= 4 is 17.6 Å². The number of nitrogens with zero attached hydrogens (tertiary/aromatic N) is 4. The van der Waals surface area contributed by atoms with Gasteiger partial charge in [-0.3, -0.25) is 4.79 Å². The van der Waals surface area contributed by atoms with Crippen LogP contribution in [0, 0.1) is 5.82 Å².